The Hall–Kier alpha value is -1.84. The number of carbonyl (C=O) groups excluding carboxylic acids is 1. The molecule has 1 N–H and O–H groups in total. The van der Waals surface area contributed by atoms with Crippen LogP contribution in [-0.2, 0) is 16.4 Å². The molecule has 25 heavy (non-hydrogen) atoms. The van der Waals surface area contributed by atoms with Gasteiger partial charge >= 0.3 is 0 Å². The standard InChI is InChI=1S/C16H22N4O3S2/c1-5-6-14-18-19-16(24-14)17-15(21)12-7-9-13(10-8-12)25(22,23)20(4)11(2)3/h7-11H,5-6H2,1-4H3,(H,17,19,21). The largest absolute Gasteiger partial charge is 0.296 e. The summed E-state index contributed by atoms with van der Waals surface area (Å²) in [6.45, 7) is 5.65. The van der Waals surface area contributed by atoms with E-state index >= 15 is 0 Å². The summed E-state index contributed by atoms with van der Waals surface area (Å²) in [7, 11) is -2.03. The minimum atomic E-state index is -3.56. The van der Waals surface area contributed by atoms with Gasteiger partial charge in [0.2, 0.25) is 15.2 Å². The van der Waals surface area contributed by atoms with Crippen molar-refractivity contribution >= 4 is 32.4 Å². The van der Waals surface area contributed by atoms with Crippen molar-refractivity contribution in [3.8, 4) is 0 Å². The minimum Gasteiger partial charge on any atom is -0.296 e. The van der Waals surface area contributed by atoms with E-state index < -0.39 is 10.0 Å². The van der Waals surface area contributed by atoms with E-state index in [2.05, 4.69) is 15.5 Å². The van der Waals surface area contributed by atoms with Crippen LogP contribution in [-0.4, -0.2) is 41.9 Å². The highest BCUT2D eigenvalue weighted by Crippen LogP contribution is 2.19. The molecule has 1 aromatic heterocycles. The lowest BCUT2D eigenvalue weighted by molar-refractivity contribution is 0.102. The topological polar surface area (TPSA) is 92.3 Å². The first-order valence-electron chi connectivity index (χ1n) is 7.97. The van der Waals surface area contributed by atoms with Crippen LogP contribution in [0.1, 0.15) is 42.6 Å². The summed E-state index contributed by atoms with van der Waals surface area (Å²) in [4.78, 5) is 12.4. The van der Waals surface area contributed by atoms with E-state index in [1.807, 2.05) is 6.92 Å². The number of nitrogens with zero attached hydrogens (tertiary/aromatic N) is 3. The van der Waals surface area contributed by atoms with Crippen LogP contribution in [0.3, 0.4) is 0 Å². The molecule has 0 aliphatic heterocycles. The fourth-order valence-corrected chi connectivity index (χ4v) is 4.21. The number of sulfonamides is 1. The molecule has 9 heteroatoms. The predicted molar refractivity (Wildman–Crippen MR) is 98.4 cm³/mol. The highest BCUT2D eigenvalue weighted by Gasteiger charge is 2.23. The Balaban J connectivity index is 2.12. The third kappa shape index (κ3) is 4.62. The van der Waals surface area contributed by atoms with Crippen LogP contribution in [0.4, 0.5) is 5.13 Å². The molecule has 136 valence electrons. The Labute approximate surface area is 152 Å². The first kappa shape index (κ1) is 19.5. The Kier molecular flexibility index (Phi) is 6.26. The molecule has 0 spiro atoms. The molecule has 2 aromatic rings. The zero-order chi connectivity index (χ0) is 18.6. The van der Waals surface area contributed by atoms with E-state index in [1.165, 1.54) is 47.0 Å². The van der Waals surface area contributed by atoms with E-state index in [0.717, 1.165) is 17.8 Å². The Morgan fingerprint density at radius 3 is 2.44 bits per heavy atom. The highest BCUT2D eigenvalue weighted by atomic mass is 32.2. The second-order valence-electron chi connectivity index (χ2n) is 5.84. The summed E-state index contributed by atoms with van der Waals surface area (Å²) < 4.78 is 26.1. The number of carbonyl (C=O) groups is 1. The molecule has 1 aromatic carbocycles. The van der Waals surface area contributed by atoms with Crippen molar-refractivity contribution in [1.29, 1.82) is 0 Å². The van der Waals surface area contributed by atoms with Crippen molar-refractivity contribution < 1.29 is 13.2 Å². The van der Waals surface area contributed by atoms with E-state index in [0.29, 0.717) is 10.7 Å². The molecular formula is C16H22N4O3S2. The quantitative estimate of drug-likeness (QED) is 0.795. The zero-order valence-corrected chi connectivity index (χ0v) is 16.3. The van der Waals surface area contributed by atoms with Gasteiger partial charge in [0.15, 0.2) is 0 Å². The van der Waals surface area contributed by atoms with Crippen molar-refractivity contribution in [2.75, 3.05) is 12.4 Å². The number of hydrogen-bond acceptors (Lipinski definition) is 6. The van der Waals surface area contributed by atoms with Gasteiger partial charge in [-0.1, -0.05) is 18.3 Å². The van der Waals surface area contributed by atoms with E-state index in [4.69, 9.17) is 0 Å². The van der Waals surface area contributed by atoms with Crippen LogP contribution in [0.25, 0.3) is 0 Å². The summed E-state index contributed by atoms with van der Waals surface area (Å²) in [6.07, 6.45) is 1.78. The molecule has 0 aliphatic carbocycles. The van der Waals surface area contributed by atoms with Gasteiger partial charge in [-0.2, -0.15) is 4.31 Å². The van der Waals surface area contributed by atoms with Crippen molar-refractivity contribution in [3.05, 3.63) is 34.8 Å². The van der Waals surface area contributed by atoms with Gasteiger partial charge in [-0.05, 0) is 44.5 Å². The molecule has 0 atom stereocenters. The van der Waals surface area contributed by atoms with E-state index in [-0.39, 0.29) is 16.8 Å². The van der Waals surface area contributed by atoms with E-state index in [1.54, 1.807) is 13.8 Å². The third-order valence-electron chi connectivity index (χ3n) is 3.67. The molecule has 0 fully saturated rings. The van der Waals surface area contributed by atoms with Gasteiger partial charge < -0.3 is 0 Å². The summed E-state index contributed by atoms with van der Waals surface area (Å²) >= 11 is 1.34. The number of rotatable bonds is 7. The van der Waals surface area contributed by atoms with Gasteiger partial charge in [0.25, 0.3) is 5.91 Å². The van der Waals surface area contributed by atoms with Gasteiger partial charge in [-0.3, -0.25) is 10.1 Å². The predicted octanol–water partition coefficient (Wildman–Crippen LogP) is 2.77. The summed E-state index contributed by atoms with van der Waals surface area (Å²) in [5, 5.41) is 11.9. The number of anilines is 1. The number of hydrogen-bond donors (Lipinski definition) is 1. The Morgan fingerprint density at radius 1 is 1.24 bits per heavy atom. The lowest BCUT2D eigenvalue weighted by Gasteiger charge is -2.20. The SMILES string of the molecule is CCCc1nnc(NC(=O)c2ccc(S(=O)(=O)N(C)C(C)C)cc2)s1. The van der Waals surface area contributed by atoms with Crippen molar-refractivity contribution in [2.24, 2.45) is 0 Å². The molecule has 1 amide bonds. The van der Waals surface area contributed by atoms with Gasteiger partial charge in [0.05, 0.1) is 4.90 Å². The Morgan fingerprint density at radius 2 is 1.88 bits per heavy atom. The lowest BCUT2D eigenvalue weighted by Crippen LogP contribution is -2.33. The number of nitrogens with one attached hydrogen (secondary N) is 1. The maximum Gasteiger partial charge on any atom is 0.257 e. The first-order chi connectivity index (χ1) is 11.8. The molecule has 0 aliphatic rings. The minimum absolute atomic E-state index is 0.150. The number of benzene rings is 1. The molecule has 0 radical (unpaired) electrons. The molecule has 0 saturated carbocycles. The molecule has 0 bridgehead atoms. The normalized spacial score (nSPS) is 11.9. The summed E-state index contributed by atoms with van der Waals surface area (Å²) in [5.41, 5.74) is 0.360. The second-order valence-corrected chi connectivity index (χ2v) is 8.90. The van der Waals surface area contributed by atoms with Crippen molar-refractivity contribution in [1.82, 2.24) is 14.5 Å². The van der Waals surface area contributed by atoms with Crippen LogP contribution in [0.15, 0.2) is 29.2 Å². The third-order valence-corrected chi connectivity index (χ3v) is 6.62. The molecule has 7 nitrogen and oxygen atoms in total. The first-order valence-corrected chi connectivity index (χ1v) is 10.2. The monoisotopic (exact) mass is 382 g/mol. The molecule has 1 heterocycles. The van der Waals surface area contributed by atoms with Crippen LogP contribution < -0.4 is 5.32 Å². The van der Waals surface area contributed by atoms with E-state index in [9.17, 15) is 13.2 Å². The molecule has 0 saturated heterocycles. The van der Waals surface area contributed by atoms with Crippen LogP contribution in [0, 0.1) is 0 Å². The van der Waals surface area contributed by atoms with Crippen LogP contribution in [0.5, 0.6) is 0 Å². The van der Waals surface area contributed by atoms with Gasteiger partial charge in [0, 0.05) is 25.1 Å². The van der Waals surface area contributed by atoms with Crippen LogP contribution >= 0.6 is 11.3 Å². The number of aromatic nitrogens is 2. The molecular weight excluding hydrogens is 360 g/mol. The van der Waals surface area contributed by atoms with Gasteiger partial charge in [-0.25, -0.2) is 8.42 Å². The molecule has 2 rings (SSSR count). The average Bonchev–Trinajstić information content (AvgIpc) is 3.01. The van der Waals surface area contributed by atoms with Crippen molar-refractivity contribution in [3.63, 3.8) is 0 Å². The number of aryl methyl sites for hydroxylation is 1. The van der Waals surface area contributed by atoms with Gasteiger partial charge in [-0.15, -0.1) is 10.2 Å². The zero-order valence-electron chi connectivity index (χ0n) is 14.7. The fourth-order valence-electron chi connectivity index (χ4n) is 2.01. The van der Waals surface area contributed by atoms with Gasteiger partial charge in [0.1, 0.15) is 5.01 Å². The molecule has 0 unspecified atom stereocenters. The maximum absolute atomic E-state index is 12.4. The lowest BCUT2D eigenvalue weighted by atomic mass is 10.2. The van der Waals surface area contributed by atoms with Crippen molar-refractivity contribution in [2.45, 2.75) is 44.6 Å². The fraction of sp³-hybridized carbons (Fsp3) is 0.438. The maximum atomic E-state index is 12.4. The average molecular weight is 383 g/mol. The number of amides is 1. The second kappa shape index (κ2) is 8.03. The van der Waals surface area contributed by atoms with Crippen LogP contribution in [0.2, 0.25) is 0 Å². The highest BCUT2D eigenvalue weighted by molar-refractivity contribution is 7.89. The smallest absolute Gasteiger partial charge is 0.257 e. The Bertz CT molecular complexity index is 829. The summed E-state index contributed by atoms with van der Waals surface area (Å²) in [6, 6.07) is 5.70. The summed E-state index contributed by atoms with van der Waals surface area (Å²) in [5.74, 6) is -0.347.